The van der Waals surface area contributed by atoms with Crippen LogP contribution < -0.4 is 10.0 Å². The Morgan fingerprint density at radius 1 is 0.828 bits per heavy atom. The third kappa shape index (κ3) is 4.32. The number of nitrogens with one attached hydrogen (secondary N) is 2. The quantitative estimate of drug-likeness (QED) is 0.649. The molecule has 0 aliphatic heterocycles. The molecule has 5 nitrogen and oxygen atoms in total. The van der Waals surface area contributed by atoms with Crippen LogP contribution in [0, 0.1) is 0 Å². The van der Waals surface area contributed by atoms with Gasteiger partial charge in [-0.05, 0) is 73.2 Å². The minimum absolute atomic E-state index is 0.172. The van der Waals surface area contributed by atoms with E-state index in [9.17, 15) is 13.2 Å². The first-order chi connectivity index (χ1) is 14.0. The van der Waals surface area contributed by atoms with Crippen molar-refractivity contribution >= 4 is 27.3 Å². The van der Waals surface area contributed by atoms with Crippen molar-refractivity contribution in [2.75, 3.05) is 10.0 Å². The van der Waals surface area contributed by atoms with Gasteiger partial charge in [0.2, 0.25) is 0 Å². The molecule has 0 radical (unpaired) electrons. The fourth-order valence-electron chi connectivity index (χ4n) is 3.63. The lowest BCUT2D eigenvalue weighted by molar-refractivity contribution is 0.102. The van der Waals surface area contributed by atoms with E-state index in [2.05, 4.69) is 16.1 Å². The van der Waals surface area contributed by atoms with Crippen molar-refractivity contribution in [2.24, 2.45) is 0 Å². The second-order valence-corrected chi connectivity index (χ2v) is 8.79. The smallest absolute Gasteiger partial charge is 0.261 e. The average molecular weight is 407 g/mol. The molecule has 2 N–H and O–H groups in total. The molecular weight excluding hydrogens is 384 g/mol. The normalized spacial score (nSPS) is 13.4. The van der Waals surface area contributed by atoms with Crippen molar-refractivity contribution in [3.8, 4) is 0 Å². The van der Waals surface area contributed by atoms with Gasteiger partial charge in [0.1, 0.15) is 0 Å². The van der Waals surface area contributed by atoms with Crippen LogP contribution in [0.1, 0.15) is 34.3 Å². The summed E-state index contributed by atoms with van der Waals surface area (Å²) in [7, 11) is -3.71. The Morgan fingerprint density at radius 3 is 2.41 bits per heavy atom. The van der Waals surface area contributed by atoms with Crippen LogP contribution >= 0.6 is 0 Å². The first-order valence-electron chi connectivity index (χ1n) is 9.63. The van der Waals surface area contributed by atoms with Crippen LogP contribution in [-0.4, -0.2) is 14.3 Å². The van der Waals surface area contributed by atoms with Gasteiger partial charge in [-0.25, -0.2) is 8.42 Å². The molecule has 0 saturated carbocycles. The van der Waals surface area contributed by atoms with Gasteiger partial charge in [-0.2, -0.15) is 0 Å². The van der Waals surface area contributed by atoms with Crippen molar-refractivity contribution in [3.63, 3.8) is 0 Å². The maximum atomic E-state index is 12.8. The third-order valence-corrected chi connectivity index (χ3v) is 6.47. The molecule has 0 spiro atoms. The van der Waals surface area contributed by atoms with Gasteiger partial charge < -0.3 is 5.32 Å². The highest BCUT2D eigenvalue weighted by Crippen LogP contribution is 2.28. The van der Waals surface area contributed by atoms with E-state index in [1.807, 2.05) is 12.1 Å². The summed E-state index contributed by atoms with van der Waals surface area (Å²) in [5, 5.41) is 2.99. The number of hydrogen-bond acceptors (Lipinski definition) is 3. The van der Waals surface area contributed by atoms with Crippen LogP contribution in [0.25, 0.3) is 0 Å². The lowest BCUT2D eigenvalue weighted by Gasteiger charge is -2.19. The van der Waals surface area contributed by atoms with Crippen LogP contribution in [0.15, 0.2) is 77.7 Å². The Morgan fingerprint density at radius 2 is 1.59 bits per heavy atom. The molecule has 0 bridgehead atoms. The van der Waals surface area contributed by atoms with Crippen molar-refractivity contribution in [3.05, 3.63) is 89.5 Å². The number of amides is 1. The van der Waals surface area contributed by atoms with E-state index >= 15 is 0 Å². The molecule has 6 heteroatoms. The standard InChI is InChI=1S/C23H22N2O3S/c26-23(24-22-15-7-9-17-8-4-5-14-21(17)22)18-10-6-11-19(16-18)25-29(27,28)20-12-2-1-3-13-20/h1-3,6-7,9-13,15-16,25H,4-5,8,14H2,(H,24,26). The molecule has 148 valence electrons. The first kappa shape index (κ1) is 19.2. The van der Waals surface area contributed by atoms with Crippen LogP contribution in [0.5, 0.6) is 0 Å². The minimum Gasteiger partial charge on any atom is -0.322 e. The van der Waals surface area contributed by atoms with Gasteiger partial charge in [0.05, 0.1) is 4.90 Å². The maximum Gasteiger partial charge on any atom is 0.261 e. The van der Waals surface area contributed by atoms with E-state index in [0.29, 0.717) is 11.3 Å². The summed E-state index contributed by atoms with van der Waals surface area (Å²) in [6.07, 6.45) is 4.29. The van der Waals surface area contributed by atoms with Gasteiger partial charge in [0, 0.05) is 16.9 Å². The van der Waals surface area contributed by atoms with Crippen LogP contribution in [0.4, 0.5) is 11.4 Å². The molecule has 1 amide bonds. The third-order valence-electron chi connectivity index (χ3n) is 5.07. The van der Waals surface area contributed by atoms with E-state index in [1.165, 1.54) is 29.7 Å². The molecule has 0 saturated heterocycles. The molecule has 3 aromatic carbocycles. The fourth-order valence-corrected chi connectivity index (χ4v) is 4.70. The largest absolute Gasteiger partial charge is 0.322 e. The monoisotopic (exact) mass is 406 g/mol. The molecule has 0 unspecified atom stereocenters. The van der Waals surface area contributed by atoms with Gasteiger partial charge >= 0.3 is 0 Å². The number of fused-ring (bicyclic) bond motifs is 1. The lowest BCUT2D eigenvalue weighted by atomic mass is 9.90. The van der Waals surface area contributed by atoms with Gasteiger partial charge in [0.25, 0.3) is 15.9 Å². The van der Waals surface area contributed by atoms with E-state index in [0.717, 1.165) is 24.9 Å². The van der Waals surface area contributed by atoms with Gasteiger partial charge in [-0.15, -0.1) is 0 Å². The van der Waals surface area contributed by atoms with Crippen LogP contribution in [0.2, 0.25) is 0 Å². The summed E-state index contributed by atoms with van der Waals surface area (Å²) >= 11 is 0. The number of rotatable bonds is 5. The van der Waals surface area contributed by atoms with Crippen LogP contribution in [-0.2, 0) is 22.9 Å². The molecule has 1 aliphatic rings. The number of benzene rings is 3. The Kier molecular flexibility index (Phi) is 5.36. The zero-order valence-electron chi connectivity index (χ0n) is 15.9. The SMILES string of the molecule is O=C(Nc1cccc2c1CCCC2)c1cccc(NS(=O)(=O)c2ccccc2)c1. The first-order valence-corrected chi connectivity index (χ1v) is 11.1. The summed E-state index contributed by atoms with van der Waals surface area (Å²) in [4.78, 5) is 13.0. The summed E-state index contributed by atoms with van der Waals surface area (Å²) < 4.78 is 27.6. The Balaban J connectivity index is 1.54. The highest BCUT2D eigenvalue weighted by atomic mass is 32.2. The predicted octanol–water partition coefficient (Wildman–Crippen LogP) is 4.62. The van der Waals surface area contributed by atoms with Gasteiger partial charge in [0.15, 0.2) is 0 Å². The van der Waals surface area contributed by atoms with Crippen molar-refractivity contribution < 1.29 is 13.2 Å². The van der Waals surface area contributed by atoms with E-state index < -0.39 is 10.0 Å². The highest BCUT2D eigenvalue weighted by Gasteiger charge is 2.17. The summed E-state index contributed by atoms with van der Waals surface area (Å²) in [6, 6.07) is 20.6. The van der Waals surface area contributed by atoms with E-state index in [-0.39, 0.29) is 10.8 Å². The fraction of sp³-hybridized carbons (Fsp3) is 0.174. The van der Waals surface area contributed by atoms with E-state index in [1.54, 1.807) is 42.5 Å². The molecule has 0 atom stereocenters. The average Bonchev–Trinajstić information content (AvgIpc) is 2.74. The number of carbonyl (C=O) groups is 1. The number of sulfonamides is 1. The molecule has 0 heterocycles. The Bertz CT molecular complexity index is 1140. The Hall–Kier alpha value is -3.12. The number of carbonyl (C=O) groups excluding carboxylic acids is 1. The molecule has 0 aromatic heterocycles. The minimum atomic E-state index is -3.71. The van der Waals surface area contributed by atoms with Crippen molar-refractivity contribution in [1.29, 1.82) is 0 Å². The second kappa shape index (κ2) is 8.09. The van der Waals surface area contributed by atoms with Gasteiger partial charge in [-0.1, -0.05) is 36.4 Å². The molecule has 1 aliphatic carbocycles. The zero-order chi connectivity index (χ0) is 20.3. The van der Waals surface area contributed by atoms with Crippen molar-refractivity contribution in [2.45, 2.75) is 30.6 Å². The number of aryl methyl sites for hydroxylation is 1. The highest BCUT2D eigenvalue weighted by molar-refractivity contribution is 7.92. The van der Waals surface area contributed by atoms with Gasteiger partial charge in [-0.3, -0.25) is 9.52 Å². The lowest BCUT2D eigenvalue weighted by Crippen LogP contribution is -2.16. The van der Waals surface area contributed by atoms with Crippen LogP contribution in [0.3, 0.4) is 0 Å². The molecule has 29 heavy (non-hydrogen) atoms. The second-order valence-electron chi connectivity index (χ2n) is 7.10. The summed E-state index contributed by atoms with van der Waals surface area (Å²) in [5.41, 5.74) is 4.07. The summed E-state index contributed by atoms with van der Waals surface area (Å²) in [5.74, 6) is -0.260. The number of hydrogen-bond donors (Lipinski definition) is 2. The van der Waals surface area contributed by atoms with E-state index in [4.69, 9.17) is 0 Å². The molecule has 3 aromatic rings. The molecule has 0 fully saturated rings. The maximum absolute atomic E-state index is 12.8. The number of anilines is 2. The Labute approximate surface area is 170 Å². The molecule has 4 rings (SSSR count). The van der Waals surface area contributed by atoms with Crippen molar-refractivity contribution in [1.82, 2.24) is 0 Å². The predicted molar refractivity (Wildman–Crippen MR) is 115 cm³/mol. The summed E-state index contributed by atoms with van der Waals surface area (Å²) in [6.45, 7) is 0. The zero-order valence-corrected chi connectivity index (χ0v) is 16.7. The molecular formula is C23H22N2O3S. The topological polar surface area (TPSA) is 75.3 Å².